The fourth-order valence-corrected chi connectivity index (χ4v) is 4.15. The number of rotatable bonds is 5. The SMILES string of the molecule is CC(C)n1c(CNC(=O)C2Cc3ccccc3CN2C(=O)c2ccco2)n[nH]c1=S. The molecule has 1 aromatic carbocycles. The third-order valence-electron chi connectivity index (χ3n) is 5.26. The minimum absolute atomic E-state index is 0.113. The van der Waals surface area contributed by atoms with E-state index in [0.29, 0.717) is 23.6 Å². The molecule has 0 spiro atoms. The third kappa shape index (κ3) is 3.80. The number of hydrogen-bond acceptors (Lipinski definition) is 5. The quantitative estimate of drug-likeness (QED) is 0.613. The number of benzene rings is 1. The summed E-state index contributed by atoms with van der Waals surface area (Å²) in [7, 11) is 0. The van der Waals surface area contributed by atoms with Gasteiger partial charge in [0.05, 0.1) is 12.8 Å². The molecular weight excluding hydrogens is 402 g/mol. The molecular formula is C21H23N5O3S. The van der Waals surface area contributed by atoms with Crippen LogP contribution in [0.3, 0.4) is 0 Å². The largest absolute Gasteiger partial charge is 0.459 e. The summed E-state index contributed by atoms with van der Waals surface area (Å²) >= 11 is 5.27. The van der Waals surface area contributed by atoms with E-state index in [4.69, 9.17) is 16.6 Å². The fourth-order valence-electron chi connectivity index (χ4n) is 3.79. The van der Waals surface area contributed by atoms with Crippen molar-refractivity contribution in [2.75, 3.05) is 0 Å². The van der Waals surface area contributed by atoms with Gasteiger partial charge in [0, 0.05) is 19.0 Å². The van der Waals surface area contributed by atoms with E-state index in [9.17, 15) is 9.59 Å². The lowest BCUT2D eigenvalue weighted by atomic mass is 9.93. The Balaban J connectivity index is 1.57. The second-order valence-corrected chi connectivity index (χ2v) is 7.91. The molecule has 1 aliphatic rings. The Hall–Kier alpha value is -3.20. The Morgan fingerprint density at radius 3 is 2.73 bits per heavy atom. The van der Waals surface area contributed by atoms with Gasteiger partial charge in [0.15, 0.2) is 16.4 Å². The molecule has 2 aromatic heterocycles. The van der Waals surface area contributed by atoms with Crippen molar-refractivity contribution in [1.29, 1.82) is 0 Å². The Morgan fingerprint density at radius 1 is 1.27 bits per heavy atom. The third-order valence-corrected chi connectivity index (χ3v) is 5.55. The van der Waals surface area contributed by atoms with Crippen LogP contribution >= 0.6 is 12.2 Å². The molecule has 0 radical (unpaired) electrons. The highest BCUT2D eigenvalue weighted by atomic mass is 32.1. The molecule has 156 valence electrons. The maximum atomic E-state index is 13.1. The molecule has 0 saturated carbocycles. The van der Waals surface area contributed by atoms with Crippen molar-refractivity contribution in [2.24, 2.45) is 0 Å². The lowest BCUT2D eigenvalue weighted by Gasteiger charge is -2.35. The first-order valence-electron chi connectivity index (χ1n) is 9.80. The number of carbonyl (C=O) groups excluding carboxylic acids is 2. The van der Waals surface area contributed by atoms with Gasteiger partial charge in [0.1, 0.15) is 6.04 Å². The van der Waals surface area contributed by atoms with E-state index in [1.165, 1.54) is 6.26 Å². The predicted octanol–water partition coefficient (Wildman–Crippen LogP) is 3.00. The van der Waals surface area contributed by atoms with Gasteiger partial charge in [-0.3, -0.25) is 14.7 Å². The highest BCUT2D eigenvalue weighted by molar-refractivity contribution is 7.71. The minimum Gasteiger partial charge on any atom is -0.459 e. The predicted molar refractivity (Wildman–Crippen MR) is 112 cm³/mol. The van der Waals surface area contributed by atoms with Gasteiger partial charge in [-0.05, 0) is 49.3 Å². The number of aromatic amines is 1. The normalized spacial score (nSPS) is 15.8. The van der Waals surface area contributed by atoms with Crippen LogP contribution in [0.4, 0.5) is 0 Å². The monoisotopic (exact) mass is 425 g/mol. The van der Waals surface area contributed by atoms with Crippen LogP contribution in [0.1, 0.15) is 47.4 Å². The van der Waals surface area contributed by atoms with Gasteiger partial charge in [0.2, 0.25) is 5.91 Å². The van der Waals surface area contributed by atoms with E-state index in [2.05, 4.69) is 15.5 Å². The Labute approximate surface area is 178 Å². The Kier molecular flexibility index (Phi) is 5.54. The molecule has 8 nitrogen and oxygen atoms in total. The van der Waals surface area contributed by atoms with Gasteiger partial charge in [-0.2, -0.15) is 5.10 Å². The van der Waals surface area contributed by atoms with Crippen molar-refractivity contribution in [2.45, 2.75) is 45.4 Å². The summed E-state index contributed by atoms with van der Waals surface area (Å²) in [5.41, 5.74) is 2.09. The summed E-state index contributed by atoms with van der Waals surface area (Å²) in [5, 5.41) is 9.91. The van der Waals surface area contributed by atoms with E-state index >= 15 is 0 Å². The van der Waals surface area contributed by atoms with Crippen molar-refractivity contribution in [3.8, 4) is 0 Å². The topological polar surface area (TPSA) is 96.2 Å². The van der Waals surface area contributed by atoms with E-state index in [-0.39, 0.29) is 30.2 Å². The summed E-state index contributed by atoms with van der Waals surface area (Å²) in [6.07, 6.45) is 1.89. The summed E-state index contributed by atoms with van der Waals surface area (Å²) in [6.45, 7) is 4.56. The first kappa shape index (κ1) is 20.1. The molecule has 0 saturated heterocycles. The number of carbonyl (C=O) groups is 2. The standard InChI is InChI=1S/C21H23N5O3S/c1-13(2)26-18(23-24-21(26)30)11-22-19(27)16-10-14-6-3-4-7-15(14)12-25(16)20(28)17-8-5-9-29-17/h3-9,13,16H,10-12H2,1-2H3,(H,22,27)(H,24,30). The zero-order valence-electron chi connectivity index (χ0n) is 16.8. The number of amides is 2. The van der Waals surface area contributed by atoms with Crippen molar-refractivity contribution in [3.63, 3.8) is 0 Å². The van der Waals surface area contributed by atoms with Gasteiger partial charge in [0.25, 0.3) is 5.91 Å². The summed E-state index contributed by atoms with van der Waals surface area (Å²) in [6, 6.07) is 10.6. The molecule has 1 aliphatic heterocycles. The maximum absolute atomic E-state index is 13.1. The first-order valence-corrected chi connectivity index (χ1v) is 10.2. The molecule has 1 atom stereocenters. The molecule has 0 fully saturated rings. The van der Waals surface area contributed by atoms with Crippen LogP contribution in [0, 0.1) is 4.77 Å². The van der Waals surface area contributed by atoms with E-state index in [1.807, 2.05) is 42.7 Å². The molecule has 0 aliphatic carbocycles. The van der Waals surface area contributed by atoms with E-state index < -0.39 is 6.04 Å². The second-order valence-electron chi connectivity index (χ2n) is 7.53. The van der Waals surface area contributed by atoms with Crippen LogP contribution in [-0.2, 0) is 24.3 Å². The van der Waals surface area contributed by atoms with E-state index in [0.717, 1.165) is 11.1 Å². The smallest absolute Gasteiger partial charge is 0.290 e. The fraction of sp³-hybridized carbons (Fsp3) is 0.333. The number of hydrogen-bond donors (Lipinski definition) is 2. The van der Waals surface area contributed by atoms with Crippen molar-refractivity contribution >= 4 is 24.0 Å². The van der Waals surface area contributed by atoms with Crippen LogP contribution in [0.25, 0.3) is 0 Å². The highest BCUT2D eigenvalue weighted by Crippen LogP contribution is 2.25. The molecule has 3 aromatic rings. The number of nitrogens with one attached hydrogen (secondary N) is 2. The molecule has 2 amide bonds. The number of nitrogens with zero attached hydrogens (tertiary/aromatic N) is 3. The molecule has 4 rings (SSSR count). The van der Waals surface area contributed by atoms with Gasteiger partial charge >= 0.3 is 0 Å². The summed E-state index contributed by atoms with van der Waals surface area (Å²) < 4.78 is 7.66. The Bertz CT molecular complexity index is 1120. The van der Waals surface area contributed by atoms with Crippen LogP contribution < -0.4 is 5.32 Å². The lowest BCUT2D eigenvalue weighted by Crippen LogP contribution is -2.52. The molecule has 3 heterocycles. The van der Waals surface area contributed by atoms with E-state index in [1.54, 1.807) is 17.0 Å². The summed E-state index contributed by atoms with van der Waals surface area (Å²) in [5.74, 6) is 0.310. The highest BCUT2D eigenvalue weighted by Gasteiger charge is 2.36. The number of aromatic nitrogens is 3. The van der Waals surface area contributed by atoms with Crippen LogP contribution in [-0.4, -0.2) is 37.5 Å². The molecule has 2 N–H and O–H groups in total. The number of furan rings is 1. The van der Waals surface area contributed by atoms with Crippen molar-refractivity contribution < 1.29 is 14.0 Å². The lowest BCUT2D eigenvalue weighted by molar-refractivity contribution is -0.126. The Morgan fingerprint density at radius 2 is 2.03 bits per heavy atom. The first-order chi connectivity index (χ1) is 14.5. The van der Waals surface area contributed by atoms with Gasteiger partial charge in [-0.1, -0.05) is 24.3 Å². The molecule has 1 unspecified atom stereocenters. The molecule has 0 bridgehead atoms. The van der Waals surface area contributed by atoms with Crippen LogP contribution in [0.15, 0.2) is 47.1 Å². The number of H-pyrrole nitrogens is 1. The van der Waals surface area contributed by atoms with Crippen molar-refractivity contribution in [3.05, 3.63) is 70.1 Å². The average molecular weight is 426 g/mol. The molecule has 30 heavy (non-hydrogen) atoms. The number of fused-ring (bicyclic) bond motifs is 1. The van der Waals surface area contributed by atoms with Crippen LogP contribution in [0.2, 0.25) is 0 Å². The zero-order valence-corrected chi connectivity index (χ0v) is 17.6. The molecule has 9 heteroatoms. The van der Waals surface area contributed by atoms with Gasteiger partial charge in [-0.25, -0.2) is 0 Å². The van der Waals surface area contributed by atoms with Crippen molar-refractivity contribution in [1.82, 2.24) is 25.0 Å². The van der Waals surface area contributed by atoms with Gasteiger partial charge in [-0.15, -0.1) is 0 Å². The summed E-state index contributed by atoms with van der Waals surface area (Å²) in [4.78, 5) is 27.7. The average Bonchev–Trinajstić information content (AvgIpc) is 3.40. The van der Waals surface area contributed by atoms with Gasteiger partial charge < -0.3 is 19.2 Å². The maximum Gasteiger partial charge on any atom is 0.290 e. The second kappa shape index (κ2) is 8.27. The zero-order chi connectivity index (χ0) is 21.3. The van der Waals surface area contributed by atoms with Crippen LogP contribution in [0.5, 0.6) is 0 Å². The minimum atomic E-state index is -0.646.